The largest absolute Gasteiger partial charge is 0.423 e. The molecule has 20 heteroatoms. The van der Waals surface area contributed by atoms with Crippen molar-refractivity contribution in [3.05, 3.63) is 515 Å². The SMILES string of the molecule is C=CC(=O)N1Cc2cc(CO)ccc2[C@@H](c2ccccc2)C1.C=CC(=O)N1Cc2cc(CO)ccc2[C@H](c2ccccc2)C1.C=CC(=O)N1Cc2ccc(CCO)cc2[C@@H](c2ccccc2)C1.C=CC(=O)N1Cc2ccc(CCO)cc2[C@H](c2ccccc2)C1.C=CC(=O)Oc1cccc([C@@H]2CN(C(=O)C=C)Cc3ccccc32)c1.C=CC(=O)Oc1cccc([C@H]2CN(C(=O)C=C)Cc3ccccc32)c1. The van der Waals surface area contributed by atoms with Gasteiger partial charge in [0.2, 0.25) is 35.4 Å². The molecule has 18 rings (SSSR count). The Morgan fingerprint density at radius 3 is 0.764 bits per heavy atom. The Morgan fingerprint density at radius 1 is 0.243 bits per heavy atom. The number of rotatable bonds is 22. The second kappa shape index (κ2) is 49.8. The molecular weight excluding hydrogens is 1750 g/mol. The van der Waals surface area contributed by atoms with Crippen LogP contribution in [0.4, 0.5) is 0 Å². The van der Waals surface area contributed by atoms with Crippen LogP contribution in [-0.2, 0) is 104 Å². The minimum absolute atomic E-state index is 0.0104. The Labute approximate surface area is 819 Å². The molecule has 4 N–H and O–H groups in total. The maximum Gasteiger partial charge on any atom is 0.335 e. The molecule has 0 unspecified atom stereocenters. The van der Waals surface area contributed by atoms with Crippen molar-refractivity contribution in [1.82, 2.24) is 29.4 Å². The van der Waals surface area contributed by atoms with Gasteiger partial charge in [-0.3, -0.25) is 28.8 Å². The summed E-state index contributed by atoms with van der Waals surface area (Å²) in [4.78, 5) is 106. The molecule has 12 aromatic rings. The fourth-order valence-electron chi connectivity index (χ4n) is 19.0. The van der Waals surface area contributed by atoms with E-state index in [4.69, 9.17) is 9.47 Å². The number of hydrogen-bond acceptors (Lipinski definition) is 14. The maximum absolute atomic E-state index is 12.1. The molecule has 6 heterocycles. The molecular formula is C120H118N6O14. The molecule has 0 aliphatic carbocycles. The van der Waals surface area contributed by atoms with Crippen LogP contribution in [0, 0.1) is 0 Å². The van der Waals surface area contributed by atoms with Crippen molar-refractivity contribution in [1.29, 1.82) is 0 Å². The number of carbonyl (C=O) groups excluding carboxylic acids is 8. The van der Waals surface area contributed by atoms with E-state index in [0.29, 0.717) is 103 Å². The van der Waals surface area contributed by atoms with Crippen LogP contribution in [0.15, 0.2) is 392 Å². The van der Waals surface area contributed by atoms with Crippen LogP contribution in [-0.4, -0.2) is 150 Å². The number of benzene rings is 12. The monoisotopic (exact) mass is 1870 g/mol. The van der Waals surface area contributed by atoms with Crippen molar-refractivity contribution in [2.45, 2.75) is 101 Å². The van der Waals surface area contributed by atoms with Gasteiger partial charge in [0, 0.05) is 139 Å². The van der Waals surface area contributed by atoms with E-state index in [1.54, 1.807) is 21.9 Å². The first kappa shape index (κ1) is 102. The number of amides is 6. The highest BCUT2D eigenvalue weighted by atomic mass is 16.5. The van der Waals surface area contributed by atoms with Gasteiger partial charge in [0.15, 0.2) is 0 Å². The van der Waals surface area contributed by atoms with Crippen LogP contribution >= 0.6 is 0 Å². The van der Waals surface area contributed by atoms with Gasteiger partial charge >= 0.3 is 11.9 Å². The van der Waals surface area contributed by atoms with Gasteiger partial charge in [0.1, 0.15) is 11.5 Å². The van der Waals surface area contributed by atoms with E-state index < -0.39 is 11.9 Å². The highest BCUT2D eigenvalue weighted by Crippen LogP contribution is 2.42. The zero-order valence-electron chi connectivity index (χ0n) is 78.7. The van der Waals surface area contributed by atoms with Gasteiger partial charge in [0.05, 0.1) is 13.2 Å². The Kier molecular flexibility index (Phi) is 36.1. The average Bonchev–Trinajstić information content (AvgIpc) is 0.900. The van der Waals surface area contributed by atoms with Gasteiger partial charge in [0.25, 0.3) is 0 Å². The molecule has 20 nitrogen and oxygen atoms in total. The minimum atomic E-state index is -0.496. The predicted molar refractivity (Wildman–Crippen MR) is 547 cm³/mol. The van der Waals surface area contributed by atoms with E-state index >= 15 is 0 Å². The maximum atomic E-state index is 12.1. The van der Waals surface area contributed by atoms with Crippen molar-refractivity contribution >= 4 is 47.4 Å². The van der Waals surface area contributed by atoms with Crippen LogP contribution in [0.2, 0.25) is 0 Å². The lowest BCUT2D eigenvalue weighted by Crippen LogP contribution is -2.37. The third kappa shape index (κ3) is 25.7. The van der Waals surface area contributed by atoms with Crippen LogP contribution < -0.4 is 9.47 Å². The summed E-state index contributed by atoms with van der Waals surface area (Å²) in [6.45, 7) is 36.0. The van der Waals surface area contributed by atoms with Gasteiger partial charge in [-0.2, -0.15) is 0 Å². The van der Waals surface area contributed by atoms with E-state index in [0.717, 1.165) is 67.8 Å². The number of nitrogens with zero attached hydrogens (tertiary/aromatic N) is 6. The highest BCUT2D eigenvalue weighted by molar-refractivity contribution is 5.91. The van der Waals surface area contributed by atoms with Gasteiger partial charge in [-0.25, -0.2) is 9.59 Å². The van der Waals surface area contributed by atoms with Gasteiger partial charge < -0.3 is 59.3 Å². The van der Waals surface area contributed by atoms with Crippen LogP contribution in [0.1, 0.15) is 158 Å². The van der Waals surface area contributed by atoms with Crippen molar-refractivity contribution in [2.24, 2.45) is 0 Å². The molecule has 6 amide bonds. The molecule has 140 heavy (non-hydrogen) atoms. The number of ether oxygens (including phenoxy) is 2. The summed E-state index contributed by atoms with van der Waals surface area (Å²) in [7, 11) is 0. The number of esters is 2. The van der Waals surface area contributed by atoms with E-state index in [1.165, 1.54) is 103 Å². The summed E-state index contributed by atoms with van der Waals surface area (Å²) in [6, 6.07) is 96.6. The Balaban J connectivity index is 0.000000142. The molecule has 0 bridgehead atoms. The summed E-state index contributed by atoms with van der Waals surface area (Å²) in [5, 5.41) is 37.1. The minimum Gasteiger partial charge on any atom is -0.423 e. The summed E-state index contributed by atoms with van der Waals surface area (Å²) in [5.41, 5.74) is 24.9. The fraction of sp³-hybridized carbons (Fsp3) is 0.200. The topological polar surface area (TPSA) is 255 Å². The predicted octanol–water partition coefficient (Wildman–Crippen LogP) is 18.3. The first-order valence-electron chi connectivity index (χ1n) is 46.8. The standard InChI is InChI=1S/2C21H19NO3.2C20H21NO2.2C19H19NO2/c2*1-3-20(23)22-13-16-8-5-6-11-18(16)19(14-22)15-9-7-10-17(12-15)25-21(24)4-2;2*1-2-20(23)21-13-17-9-8-15(10-11-22)12-18(17)19(14-21)16-6-4-3-5-7-16;2*1-2-19(22)20-11-16-10-14(13-21)8-9-17(16)18(12-20)15-6-4-3-5-7-15/h2*3-12,19H,1-2,13-14H2;2*2-9,12,19,22H,1,10-11,13-14H2;2*2-10,18,21H,1,11-13H2/t4*19-;2*18-/m101010/s1. The third-order valence-electron chi connectivity index (χ3n) is 26.0. The second-order valence-electron chi connectivity index (χ2n) is 34.7. The molecule has 0 aromatic heterocycles. The number of hydrogen-bond donors (Lipinski definition) is 4. The quantitative estimate of drug-likeness (QED) is 0.0280. The third-order valence-corrected chi connectivity index (χ3v) is 26.0. The van der Waals surface area contributed by atoms with Gasteiger partial charge in [-0.15, -0.1) is 0 Å². The summed E-state index contributed by atoms with van der Waals surface area (Å²) in [6.07, 6.45) is 11.8. The van der Waals surface area contributed by atoms with Crippen LogP contribution in [0.5, 0.6) is 11.5 Å². The molecule has 712 valence electrons. The zero-order valence-corrected chi connectivity index (χ0v) is 78.7. The molecule has 0 fully saturated rings. The Morgan fingerprint density at radius 2 is 0.486 bits per heavy atom. The molecule has 12 aromatic carbocycles. The summed E-state index contributed by atoms with van der Waals surface area (Å²) in [5.74, 6) is 0.227. The van der Waals surface area contributed by atoms with Crippen molar-refractivity contribution in [3.63, 3.8) is 0 Å². The van der Waals surface area contributed by atoms with Gasteiger partial charge in [-0.05, 0) is 196 Å². The van der Waals surface area contributed by atoms with Crippen molar-refractivity contribution in [2.75, 3.05) is 52.5 Å². The summed E-state index contributed by atoms with van der Waals surface area (Å²) >= 11 is 0. The molecule has 6 aliphatic heterocycles. The lowest BCUT2D eigenvalue weighted by Gasteiger charge is -2.35. The molecule has 0 spiro atoms. The molecule has 6 atom stereocenters. The van der Waals surface area contributed by atoms with Gasteiger partial charge in [-0.1, -0.05) is 320 Å². The van der Waals surface area contributed by atoms with Crippen LogP contribution in [0.25, 0.3) is 0 Å². The normalized spacial score (nSPS) is 16.5. The second-order valence-corrected chi connectivity index (χ2v) is 34.7. The van der Waals surface area contributed by atoms with Crippen molar-refractivity contribution in [3.8, 4) is 11.5 Å². The zero-order chi connectivity index (χ0) is 99.1. The Hall–Kier alpha value is -15.8. The fourth-order valence-corrected chi connectivity index (χ4v) is 19.0. The number of aliphatic hydroxyl groups excluding tert-OH is 4. The molecule has 0 saturated carbocycles. The van der Waals surface area contributed by atoms with E-state index in [2.05, 4.69) is 150 Å². The van der Waals surface area contributed by atoms with Crippen LogP contribution in [0.3, 0.4) is 0 Å². The Bertz CT molecular complexity index is 6110. The summed E-state index contributed by atoms with van der Waals surface area (Å²) < 4.78 is 10.4. The lowest BCUT2D eigenvalue weighted by atomic mass is 9.83. The average molecular weight is 1870 g/mol. The number of carbonyl (C=O) groups is 8. The first-order chi connectivity index (χ1) is 68.1. The number of aliphatic hydroxyl groups is 4. The molecule has 0 saturated heterocycles. The van der Waals surface area contributed by atoms with E-state index in [1.807, 2.05) is 202 Å². The number of fused-ring (bicyclic) bond motifs is 6. The van der Waals surface area contributed by atoms with Crippen molar-refractivity contribution < 1.29 is 68.3 Å². The molecule has 6 aliphatic rings. The first-order valence-corrected chi connectivity index (χ1v) is 46.8. The lowest BCUT2D eigenvalue weighted by molar-refractivity contribution is -0.129. The molecule has 0 radical (unpaired) electrons. The van der Waals surface area contributed by atoms with E-state index in [9.17, 15) is 58.8 Å². The van der Waals surface area contributed by atoms with E-state index in [-0.39, 0.29) is 97.4 Å². The smallest absolute Gasteiger partial charge is 0.335 e. The highest BCUT2D eigenvalue weighted by Gasteiger charge is 2.36.